The quantitative estimate of drug-likeness (QED) is 0.658. The molecule has 0 bridgehead atoms. The predicted octanol–water partition coefficient (Wildman–Crippen LogP) is 1.36. The number of hydrogen-bond acceptors (Lipinski definition) is 3. The monoisotopic (exact) mass is 179 g/mol. The third-order valence-electron chi connectivity index (χ3n) is 1.95. The largest absolute Gasteiger partial charge is 0.469 e. The first-order chi connectivity index (χ1) is 6.27. The summed E-state index contributed by atoms with van der Waals surface area (Å²) in [5.74, 6) is -0.207. The van der Waals surface area contributed by atoms with Crippen LogP contribution in [0.5, 0.6) is 0 Å². The number of esters is 1. The molecule has 3 heteroatoms. The second-order valence-corrected chi connectivity index (χ2v) is 2.75. The lowest BCUT2D eigenvalue weighted by molar-refractivity contribution is -0.139. The smallest absolute Gasteiger partial charge is 0.309 e. The van der Waals surface area contributed by atoms with Crippen LogP contribution in [0.25, 0.3) is 0 Å². The summed E-state index contributed by atoms with van der Waals surface area (Å²) in [6, 6.07) is 1.86. The van der Waals surface area contributed by atoms with E-state index in [9.17, 15) is 4.79 Å². The summed E-state index contributed by atoms with van der Waals surface area (Å²) in [5.41, 5.74) is 2.11. The second kappa shape index (κ2) is 4.60. The number of ether oxygens (including phenoxy) is 1. The standard InChI is InChI=1S/C10H13NO2/c1-3-8-7-11-5-4-9(8)6-10(12)13-2/h4-5,7H,3,6H2,1-2H3. The van der Waals surface area contributed by atoms with Crippen molar-refractivity contribution in [3.8, 4) is 0 Å². The fourth-order valence-electron chi connectivity index (χ4n) is 1.17. The van der Waals surface area contributed by atoms with Crippen LogP contribution in [-0.4, -0.2) is 18.1 Å². The van der Waals surface area contributed by atoms with Crippen LogP contribution in [-0.2, 0) is 22.4 Å². The van der Waals surface area contributed by atoms with Crippen LogP contribution < -0.4 is 0 Å². The Morgan fingerprint density at radius 2 is 2.31 bits per heavy atom. The van der Waals surface area contributed by atoms with E-state index in [0.717, 1.165) is 17.5 Å². The minimum absolute atomic E-state index is 0.207. The minimum atomic E-state index is -0.207. The van der Waals surface area contributed by atoms with Gasteiger partial charge in [-0.15, -0.1) is 0 Å². The molecule has 0 aromatic carbocycles. The molecule has 0 aliphatic heterocycles. The molecule has 13 heavy (non-hydrogen) atoms. The summed E-state index contributed by atoms with van der Waals surface area (Å²) >= 11 is 0. The Morgan fingerprint density at radius 1 is 1.54 bits per heavy atom. The zero-order valence-corrected chi connectivity index (χ0v) is 7.91. The summed E-state index contributed by atoms with van der Waals surface area (Å²) in [6.45, 7) is 2.04. The topological polar surface area (TPSA) is 39.2 Å². The first-order valence-corrected chi connectivity index (χ1v) is 4.26. The van der Waals surface area contributed by atoms with Crippen molar-refractivity contribution < 1.29 is 9.53 Å². The SMILES string of the molecule is CCc1cnccc1CC(=O)OC. The van der Waals surface area contributed by atoms with Crippen LogP contribution in [0.2, 0.25) is 0 Å². The Labute approximate surface area is 77.8 Å². The zero-order valence-electron chi connectivity index (χ0n) is 7.91. The summed E-state index contributed by atoms with van der Waals surface area (Å²) in [7, 11) is 1.40. The molecule has 3 nitrogen and oxygen atoms in total. The molecule has 0 atom stereocenters. The lowest BCUT2D eigenvalue weighted by Gasteiger charge is -2.04. The van der Waals surface area contributed by atoms with Gasteiger partial charge in [0, 0.05) is 12.4 Å². The molecule has 70 valence electrons. The summed E-state index contributed by atoms with van der Waals surface area (Å²) in [4.78, 5) is 15.0. The Morgan fingerprint density at radius 3 is 2.92 bits per heavy atom. The molecule has 1 aromatic rings. The average Bonchev–Trinajstić information content (AvgIpc) is 2.18. The normalized spacial score (nSPS) is 9.69. The molecule has 1 heterocycles. The highest BCUT2D eigenvalue weighted by Gasteiger charge is 2.06. The Kier molecular flexibility index (Phi) is 3.43. The molecule has 0 radical (unpaired) electrons. The Hall–Kier alpha value is -1.38. The van der Waals surface area contributed by atoms with Crippen LogP contribution in [0.15, 0.2) is 18.5 Å². The van der Waals surface area contributed by atoms with Crippen molar-refractivity contribution in [3.63, 3.8) is 0 Å². The van der Waals surface area contributed by atoms with Gasteiger partial charge in [-0.05, 0) is 23.6 Å². The highest BCUT2D eigenvalue weighted by molar-refractivity contribution is 5.72. The molecule has 0 saturated heterocycles. The summed E-state index contributed by atoms with van der Waals surface area (Å²) in [6.07, 6.45) is 4.71. The molecular weight excluding hydrogens is 166 g/mol. The average molecular weight is 179 g/mol. The van der Waals surface area contributed by atoms with Crippen molar-refractivity contribution >= 4 is 5.97 Å². The van der Waals surface area contributed by atoms with E-state index in [-0.39, 0.29) is 5.97 Å². The molecular formula is C10H13NO2. The van der Waals surface area contributed by atoms with Gasteiger partial charge in [-0.25, -0.2) is 0 Å². The van der Waals surface area contributed by atoms with E-state index < -0.39 is 0 Å². The zero-order chi connectivity index (χ0) is 9.68. The van der Waals surface area contributed by atoms with Crippen molar-refractivity contribution in [1.82, 2.24) is 4.98 Å². The van der Waals surface area contributed by atoms with E-state index in [1.165, 1.54) is 7.11 Å². The Bertz CT molecular complexity index is 297. The van der Waals surface area contributed by atoms with Gasteiger partial charge in [-0.1, -0.05) is 6.92 Å². The van der Waals surface area contributed by atoms with Crippen molar-refractivity contribution in [2.75, 3.05) is 7.11 Å². The van der Waals surface area contributed by atoms with Crippen molar-refractivity contribution in [2.45, 2.75) is 19.8 Å². The number of rotatable bonds is 3. The van der Waals surface area contributed by atoms with E-state index in [2.05, 4.69) is 9.72 Å². The van der Waals surface area contributed by atoms with Gasteiger partial charge in [0.2, 0.25) is 0 Å². The van der Waals surface area contributed by atoms with E-state index in [4.69, 9.17) is 0 Å². The number of methoxy groups -OCH3 is 1. The van der Waals surface area contributed by atoms with Crippen LogP contribution in [0.3, 0.4) is 0 Å². The summed E-state index contributed by atoms with van der Waals surface area (Å²) < 4.78 is 4.59. The predicted molar refractivity (Wildman–Crippen MR) is 49.3 cm³/mol. The number of carbonyl (C=O) groups excluding carboxylic acids is 1. The lowest BCUT2D eigenvalue weighted by atomic mass is 10.1. The third-order valence-corrected chi connectivity index (χ3v) is 1.95. The maximum Gasteiger partial charge on any atom is 0.309 e. The molecule has 0 amide bonds. The van der Waals surface area contributed by atoms with Crippen LogP contribution in [0, 0.1) is 0 Å². The third kappa shape index (κ3) is 2.54. The molecule has 0 fully saturated rings. The van der Waals surface area contributed by atoms with Gasteiger partial charge >= 0.3 is 5.97 Å². The van der Waals surface area contributed by atoms with Gasteiger partial charge in [0.05, 0.1) is 13.5 Å². The molecule has 0 aliphatic rings. The Balaban J connectivity index is 2.81. The van der Waals surface area contributed by atoms with Crippen molar-refractivity contribution in [1.29, 1.82) is 0 Å². The van der Waals surface area contributed by atoms with Gasteiger partial charge < -0.3 is 4.74 Å². The first-order valence-electron chi connectivity index (χ1n) is 4.26. The maximum absolute atomic E-state index is 11.0. The van der Waals surface area contributed by atoms with Crippen molar-refractivity contribution in [3.05, 3.63) is 29.6 Å². The lowest BCUT2D eigenvalue weighted by Crippen LogP contribution is -2.06. The first kappa shape index (κ1) is 9.71. The molecule has 0 N–H and O–H groups in total. The number of aromatic nitrogens is 1. The number of pyridine rings is 1. The van der Waals surface area contributed by atoms with Gasteiger partial charge in [0.1, 0.15) is 0 Å². The number of hydrogen-bond donors (Lipinski definition) is 0. The van der Waals surface area contributed by atoms with Crippen LogP contribution in [0.4, 0.5) is 0 Å². The molecule has 0 unspecified atom stereocenters. The molecule has 1 rings (SSSR count). The van der Waals surface area contributed by atoms with Crippen LogP contribution in [0.1, 0.15) is 18.1 Å². The highest BCUT2D eigenvalue weighted by Crippen LogP contribution is 2.08. The van der Waals surface area contributed by atoms with Gasteiger partial charge in [0.25, 0.3) is 0 Å². The van der Waals surface area contributed by atoms with Crippen LogP contribution >= 0.6 is 0 Å². The van der Waals surface area contributed by atoms with Gasteiger partial charge in [0.15, 0.2) is 0 Å². The van der Waals surface area contributed by atoms with Gasteiger partial charge in [-0.2, -0.15) is 0 Å². The summed E-state index contributed by atoms with van der Waals surface area (Å²) in [5, 5.41) is 0. The highest BCUT2D eigenvalue weighted by atomic mass is 16.5. The van der Waals surface area contributed by atoms with Gasteiger partial charge in [-0.3, -0.25) is 9.78 Å². The van der Waals surface area contributed by atoms with E-state index >= 15 is 0 Å². The van der Waals surface area contributed by atoms with E-state index in [1.54, 1.807) is 12.4 Å². The molecule has 0 saturated carbocycles. The van der Waals surface area contributed by atoms with E-state index in [0.29, 0.717) is 6.42 Å². The minimum Gasteiger partial charge on any atom is -0.469 e. The van der Waals surface area contributed by atoms with E-state index in [1.807, 2.05) is 13.0 Å². The fraction of sp³-hybridized carbons (Fsp3) is 0.400. The fourth-order valence-corrected chi connectivity index (χ4v) is 1.17. The number of nitrogens with zero attached hydrogens (tertiary/aromatic N) is 1. The number of carbonyl (C=O) groups is 1. The number of aryl methyl sites for hydroxylation is 1. The molecule has 1 aromatic heterocycles. The molecule has 0 aliphatic carbocycles. The maximum atomic E-state index is 11.0. The second-order valence-electron chi connectivity index (χ2n) is 2.75. The molecule has 0 spiro atoms. The van der Waals surface area contributed by atoms with Crippen molar-refractivity contribution in [2.24, 2.45) is 0 Å².